The van der Waals surface area contributed by atoms with Crippen LogP contribution < -0.4 is 0 Å². The zero-order chi connectivity index (χ0) is 23.5. The number of halogens is 4. The number of carbonyl (C=O) groups is 1. The van der Waals surface area contributed by atoms with Gasteiger partial charge in [-0.3, -0.25) is 8.98 Å². The maximum absolute atomic E-state index is 14.2. The molecule has 0 saturated carbocycles. The van der Waals surface area contributed by atoms with Gasteiger partial charge in [-0.15, -0.1) is 0 Å². The van der Waals surface area contributed by atoms with Crippen LogP contribution in [0.25, 0.3) is 0 Å². The zero-order valence-electron chi connectivity index (χ0n) is 17.4. The molecule has 1 aliphatic heterocycles. The number of likely N-dealkylation sites (tertiary alicyclic amines) is 1. The van der Waals surface area contributed by atoms with E-state index < -0.39 is 21.4 Å². The maximum Gasteiger partial charge on any atom is 0.264 e. The van der Waals surface area contributed by atoms with Gasteiger partial charge in [0.25, 0.3) is 10.1 Å². The van der Waals surface area contributed by atoms with E-state index in [0.29, 0.717) is 42.4 Å². The second-order valence-electron chi connectivity index (χ2n) is 7.98. The molecule has 2 aromatic rings. The lowest BCUT2D eigenvalue weighted by Crippen LogP contribution is -2.49. The van der Waals surface area contributed by atoms with Crippen LogP contribution >= 0.6 is 34.8 Å². The van der Waals surface area contributed by atoms with E-state index in [1.807, 2.05) is 6.07 Å². The average molecular weight is 523 g/mol. The van der Waals surface area contributed by atoms with Gasteiger partial charge in [-0.2, -0.15) is 8.42 Å². The lowest BCUT2D eigenvalue weighted by Gasteiger charge is -2.43. The molecule has 1 aliphatic rings. The Morgan fingerprint density at radius 2 is 1.91 bits per heavy atom. The topological polar surface area (TPSA) is 63.7 Å². The highest BCUT2D eigenvalue weighted by atomic mass is 35.5. The summed E-state index contributed by atoms with van der Waals surface area (Å²) in [5.74, 6) is -0.787. The molecular weight excluding hydrogens is 500 g/mol. The van der Waals surface area contributed by atoms with Crippen LogP contribution in [0.15, 0.2) is 36.4 Å². The number of hydrogen-bond acceptors (Lipinski definition) is 4. The molecule has 5 nitrogen and oxygen atoms in total. The van der Waals surface area contributed by atoms with E-state index in [1.165, 1.54) is 12.1 Å². The first-order valence-corrected chi connectivity index (χ1v) is 13.0. The Bertz CT molecular complexity index is 1090. The summed E-state index contributed by atoms with van der Waals surface area (Å²) in [4.78, 5) is 14.7. The smallest absolute Gasteiger partial charge is 0.264 e. The minimum Gasteiger partial charge on any atom is -0.342 e. The van der Waals surface area contributed by atoms with E-state index in [1.54, 1.807) is 23.1 Å². The van der Waals surface area contributed by atoms with E-state index in [-0.39, 0.29) is 29.5 Å². The molecule has 3 rings (SSSR count). The van der Waals surface area contributed by atoms with Gasteiger partial charge in [-0.1, -0.05) is 46.9 Å². The summed E-state index contributed by atoms with van der Waals surface area (Å²) in [5.41, 5.74) is 0.405. The molecule has 1 saturated heterocycles. The molecule has 0 N–H and O–H groups in total. The van der Waals surface area contributed by atoms with Gasteiger partial charge in [0.15, 0.2) is 0 Å². The fraction of sp³-hybridized carbons (Fsp3) is 0.409. The van der Waals surface area contributed by atoms with Crippen molar-refractivity contribution in [2.24, 2.45) is 0 Å². The van der Waals surface area contributed by atoms with Gasteiger partial charge in [-0.05, 0) is 49.1 Å². The van der Waals surface area contributed by atoms with E-state index in [2.05, 4.69) is 0 Å². The molecule has 0 bridgehead atoms. The van der Waals surface area contributed by atoms with Gasteiger partial charge >= 0.3 is 0 Å². The summed E-state index contributed by atoms with van der Waals surface area (Å²) < 4.78 is 42.2. The van der Waals surface area contributed by atoms with Crippen molar-refractivity contribution in [1.29, 1.82) is 0 Å². The molecule has 1 fully saturated rings. The first-order valence-electron chi connectivity index (χ1n) is 10.0. The van der Waals surface area contributed by atoms with Crippen molar-refractivity contribution >= 4 is 50.8 Å². The molecule has 0 aliphatic carbocycles. The van der Waals surface area contributed by atoms with Gasteiger partial charge in [0, 0.05) is 29.1 Å². The molecule has 0 radical (unpaired) electrons. The van der Waals surface area contributed by atoms with Crippen molar-refractivity contribution in [2.75, 3.05) is 26.0 Å². The van der Waals surface area contributed by atoms with Crippen LogP contribution in [-0.2, 0) is 30.9 Å². The molecule has 1 heterocycles. The molecule has 0 unspecified atom stereocenters. The van der Waals surface area contributed by atoms with E-state index in [4.69, 9.17) is 39.0 Å². The maximum atomic E-state index is 14.2. The van der Waals surface area contributed by atoms with Gasteiger partial charge < -0.3 is 4.90 Å². The Morgan fingerprint density at radius 3 is 2.56 bits per heavy atom. The Labute approximate surface area is 202 Å². The molecule has 10 heteroatoms. The predicted molar refractivity (Wildman–Crippen MR) is 124 cm³/mol. The highest BCUT2D eigenvalue weighted by Crippen LogP contribution is 2.40. The van der Waals surface area contributed by atoms with Crippen molar-refractivity contribution in [3.63, 3.8) is 0 Å². The first kappa shape index (κ1) is 25.2. The molecule has 174 valence electrons. The largest absolute Gasteiger partial charge is 0.342 e. The van der Waals surface area contributed by atoms with E-state index in [9.17, 15) is 17.6 Å². The van der Waals surface area contributed by atoms with Crippen LogP contribution in [0.5, 0.6) is 0 Å². The fourth-order valence-corrected chi connectivity index (χ4v) is 5.02. The van der Waals surface area contributed by atoms with Crippen molar-refractivity contribution in [3.8, 4) is 0 Å². The molecule has 0 spiro atoms. The number of hydrogen-bond donors (Lipinski definition) is 0. The van der Waals surface area contributed by atoms with Crippen molar-refractivity contribution in [3.05, 3.63) is 68.4 Å². The zero-order valence-corrected chi connectivity index (χ0v) is 20.5. The molecule has 1 amide bonds. The van der Waals surface area contributed by atoms with E-state index >= 15 is 0 Å². The molecular formula is C22H23Cl3FNO4S. The normalized spacial score (nSPS) is 19.2. The number of benzene rings is 2. The number of amides is 1. The van der Waals surface area contributed by atoms with Crippen LogP contribution in [0.1, 0.15) is 30.4 Å². The van der Waals surface area contributed by atoms with Gasteiger partial charge in [0.2, 0.25) is 5.91 Å². The highest BCUT2D eigenvalue weighted by Gasteiger charge is 2.39. The first-order chi connectivity index (χ1) is 15.0. The second-order valence-corrected chi connectivity index (χ2v) is 10.8. The Hall–Kier alpha value is -1.38. The molecule has 1 atom stereocenters. The molecule has 2 aromatic carbocycles. The summed E-state index contributed by atoms with van der Waals surface area (Å²) in [6, 6.07) is 9.56. The van der Waals surface area contributed by atoms with Crippen LogP contribution in [-0.4, -0.2) is 45.2 Å². The number of carbonyl (C=O) groups excluding carboxylic acids is 1. The minimum atomic E-state index is -3.61. The minimum absolute atomic E-state index is 0.0414. The van der Waals surface area contributed by atoms with Crippen LogP contribution in [0, 0.1) is 5.82 Å². The van der Waals surface area contributed by atoms with Crippen molar-refractivity contribution < 1.29 is 21.8 Å². The van der Waals surface area contributed by atoms with Gasteiger partial charge in [0.05, 0.1) is 29.3 Å². The summed E-state index contributed by atoms with van der Waals surface area (Å²) >= 11 is 18.4. The van der Waals surface area contributed by atoms with Crippen molar-refractivity contribution in [2.45, 2.75) is 31.1 Å². The number of rotatable bonds is 7. The Morgan fingerprint density at radius 1 is 1.16 bits per heavy atom. The quantitative estimate of drug-likeness (QED) is 0.466. The summed E-state index contributed by atoms with van der Waals surface area (Å²) in [7, 11) is -3.61. The predicted octanol–water partition coefficient (Wildman–Crippen LogP) is 5.26. The van der Waals surface area contributed by atoms with Crippen LogP contribution in [0.2, 0.25) is 15.1 Å². The highest BCUT2D eigenvalue weighted by molar-refractivity contribution is 7.85. The second kappa shape index (κ2) is 10.3. The Kier molecular flexibility index (Phi) is 8.10. The third kappa shape index (κ3) is 6.14. The van der Waals surface area contributed by atoms with Crippen LogP contribution in [0.4, 0.5) is 4.39 Å². The number of piperidine rings is 1. The van der Waals surface area contributed by atoms with Gasteiger partial charge in [-0.25, -0.2) is 4.39 Å². The standard InChI is InChI=1S/C22H23Cl3FNO4S/c1-32(29,30)31-11-9-22(15-6-7-18(24)19(25)12-15)8-3-10-27(14-22)21(28)13-16-17(23)4-2-5-20(16)26/h2,4-7,12H,3,8-11,13-14H2,1H3/t22-/m0/s1. The van der Waals surface area contributed by atoms with Gasteiger partial charge in [0.1, 0.15) is 5.82 Å². The van der Waals surface area contributed by atoms with E-state index in [0.717, 1.165) is 11.8 Å². The average Bonchev–Trinajstić information content (AvgIpc) is 2.72. The number of nitrogens with zero attached hydrogens (tertiary/aromatic N) is 1. The molecule has 32 heavy (non-hydrogen) atoms. The summed E-state index contributed by atoms with van der Waals surface area (Å²) in [6.45, 7) is 0.768. The SMILES string of the molecule is CS(=O)(=O)OCC[C@@]1(c2ccc(Cl)c(Cl)c2)CCCN(C(=O)Cc2c(F)cccc2Cl)C1. The van der Waals surface area contributed by atoms with Crippen LogP contribution in [0.3, 0.4) is 0 Å². The lowest BCUT2D eigenvalue weighted by atomic mass is 9.72. The molecule has 0 aromatic heterocycles. The Balaban J connectivity index is 1.87. The monoisotopic (exact) mass is 521 g/mol. The fourth-order valence-electron chi connectivity index (χ4n) is 4.11. The summed E-state index contributed by atoms with van der Waals surface area (Å²) in [6.07, 6.45) is 2.55. The third-order valence-corrected chi connectivity index (χ3v) is 7.42. The third-order valence-electron chi connectivity index (χ3n) is 5.73. The van der Waals surface area contributed by atoms with Crippen molar-refractivity contribution in [1.82, 2.24) is 4.90 Å². The lowest BCUT2D eigenvalue weighted by molar-refractivity contribution is -0.133. The summed E-state index contributed by atoms with van der Waals surface area (Å²) in [5, 5.41) is 0.970.